The molecule has 1 unspecified atom stereocenters. The monoisotopic (exact) mass is 234 g/mol. The van der Waals surface area contributed by atoms with Crippen molar-refractivity contribution in [3.63, 3.8) is 0 Å². The fourth-order valence-corrected chi connectivity index (χ4v) is 2.47. The van der Waals surface area contributed by atoms with Crippen LogP contribution in [0.15, 0.2) is 24.3 Å². The molecule has 0 saturated carbocycles. The maximum absolute atomic E-state index is 9.52. The van der Waals surface area contributed by atoms with Gasteiger partial charge >= 0.3 is 0 Å². The Bertz CT molecular complexity index is 315. The molecule has 1 nitrogen and oxygen atoms in total. The molecule has 0 aliphatic carbocycles. The van der Waals surface area contributed by atoms with Gasteiger partial charge in [0.05, 0.1) is 0 Å². The van der Waals surface area contributed by atoms with E-state index in [9.17, 15) is 5.11 Å². The Hall–Kier alpha value is -0.820. The first-order valence-corrected chi connectivity index (χ1v) is 6.86. The first-order valence-electron chi connectivity index (χ1n) is 6.86. The fraction of sp³-hybridized carbons (Fsp3) is 0.625. The van der Waals surface area contributed by atoms with Crippen LogP contribution in [0, 0.1) is 18.8 Å². The first-order chi connectivity index (χ1) is 8.21. The topological polar surface area (TPSA) is 20.2 Å². The van der Waals surface area contributed by atoms with Gasteiger partial charge in [0.25, 0.3) is 0 Å². The van der Waals surface area contributed by atoms with Gasteiger partial charge in [-0.25, -0.2) is 0 Å². The van der Waals surface area contributed by atoms with Crippen LogP contribution in [0.1, 0.15) is 44.2 Å². The van der Waals surface area contributed by atoms with Crippen molar-refractivity contribution in [2.75, 3.05) is 6.61 Å². The minimum absolute atomic E-state index is 0.310. The average Bonchev–Trinajstić information content (AvgIpc) is 2.36. The van der Waals surface area contributed by atoms with E-state index < -0.39 is 0 Å². The normalized spacial score (nSPS) is 13.0. The smallest absolute Gasteiger partial charge is 0.0462 e. The molecule has 0 bridgehead atoms. The maximum atomic E-state index is 9.52. The van der Waals surface area contributed by atoms with Gasteiger partial charge < -0.3 is 5.11 Å². The minimum atomic E-state index is 0.310. The molecule has 0 aliphatic rings. The van der Waals surface area contributed by atoms with E-state index in [0.29, 0.717) is 12.5 Å². The van der Waals surface area contributed by atoms with Crippen molar-refractivity contribution >= 4 is 0 Å². The third-order valence-electron chi connectivity index (χ3n) is 3.85. The van der Waals surface area contributed by atoms with Gasteiger partial charge in [-0.2, -0.15) is 0 Å². The van der Waals surface area contributed by atoms with Crippen LogP contribution in [-0.2, 0) is 6.42 Å². The Morgan fingerprint density at radius 1 is 1.06 bits per heavy atom. The molecule has 0 heterocycles. The zero-order valence-electron chi connectivity index (χ0n) is 11.4. The number of aliphatic hydroxyl groups excluding tert-OH is 1. The van der Waals surface area contributed by atoms with Crippen molar-refractivity contribution in [3.8, 4) is 0 Å². The highest BCUT2D eigenvalue weighted by Crippen LogP contribution is 2.23. The lowest BCUT2D eigenvalue weighted by Crippen LogP contribution is -2.15. The number of aryl methyl sites for hydroxylation is 1. The van der Waals surface area contributed by atoms with Crippen LogP contribution in [0.2, 0.25) is 0 Å². The van der Waals surface area contributed by atoms with Crippen molar-refractivity contribution in [1.82, 2.24) is 0 Å². The van der Waals surface area contributed by atoms with Gasteiger partial charge in [0.1, 0.15) is 0 Å². The molecule has 1 atom stereocenters. The van der Waals surface area contributed by atoms with Gasteiger partial charge in [0, 0.05) is 6.61 Å². The molecule has 0 amide bonds. The van der Waals surface area contributed by atoms with Crippen LogP contribution in [0.5, 0.6) is 0 Å². The Morgan fingerprint density at radius 3 is 2.24 bits per heavy atom. The summed E-state index contributed by atoms with van der Waals surface area (Å²) < 4.78 is 0. The molecular weight excluding hydrogens is 208 g/mol. The molecule has 0 radical (unpaired) electrons. The van der Waals surface area contributed by atoms with E-state index in [1.54, 1.807) is 0 Å². The number of hydrogen-bond acceptors (Lipinski definition) is 1. The van der Waals surface area contributed by atoms with Crippen molar-refractivity contribution in [3.05, 3.63) is 35.4 Å². The minimum Gasteiger partial charge on any atom is -0.396 e. The Morgan fingerprint density at radius 2 is 1.71 bits per heavy atom. The van der Waals surface area contributed by atoms with Crippen molar-refractivity contribution in [2.24, 2.45) is 11.8 Å². The van der Waals surface area contributed by atoms with E-state index in [4.69, 9.17) is 0 Å². The summed E-state index contributed by atoms with van der Waals surface area (Å²) in [6.07, 6.45) is 4.61. The summed E-state index contributed by atoms with van der Waals surface area (Å²) in [5.74, 6) is 1.18. The summed E-state index contributed by atoms with van der Waals surface area (Å²) in [5, 5.41) is 9.52. The molecule has 0 aromatic heterocycles. The quantitative estimate of drug-likeness (QED) is 0.757. The van der Waals surface area contributed by atoms with Crippen LogP contribution in [0.25, 0.3) is 0 Å². The SMILES string of the molecule is CCC(CC)CC(CO)Cc1ccccc1C. The Balaban J connectivity index is 2.61. The lowest BCUT2D eigenvalue weighted by molar-refractivity contribution is 0.196. The highest BCUT2D eigenvalue weighted by Gasteiger charge is 2.14. The van der Waals surface area contributed by atoms with Gasteiger partial charge in [-0.15, -0.1) is 0 Å². The standard InChI is InChI=1S/C16H26O/c1-4-14(5-2)10-15(12-17)11-16-9-7-6-8-13(16)3/h6-9,14-15,17H,4-5,10-12H2,1-3H3. The molecule has 1 aromatic carbocycles. The van der Waals surface area contributed by atoms with E-state index in [1.165, 1.54) is 24.0 Å². The van der Waals surface area contributed by atoms with Gasteiger partial charge in [0.2, 0.25) is 0 Å². The highest BCUT2D eigenvalue weighted by molar-refractivity contribution is 5.25. The van der Waals surface area contributed by atoms with E-state index in [1.807, 2.05) is 0 Å². The van der Waals surface area contributed by atoms with E-state index >= 15 is 0 Å². The third kappa shape index (κ3) is 4.51. The average molecular weight is 234 g/mol. The lowest BCUT2D eigenvalue weighted by Gasteiger charge is -2.20. The summed E-state index contributed by atoms with van der Waals surface area (Å²) in [4.78, 5) is 0. The lowest BCUT2D eigenvalue weighted by atomic mass is 9.86. The molecule has 1 rings (SSSR count). The highest BCUT2D eigenvalue weighted by atomic mass is 16.3. The van der Waals surface area contributed by atoms with E-state index in [0.717, 1.165) is 18.8 Å². The van der Waals surface area contributed by atoms with Crippen molar-refractivity contribution < 1.29 is 5.11 Å². The first kappa shape index (κ1) is 14.2. The van der Waals surface area contributed by atoms with Crippen LogP contribution in [0.4, 0.5) is 0 Å². The number of benzene rings is 1. The molecule has 1 heteroatoms. The molecule has 0 spiro atoms. The largest absolute Gasteiger partial charge is 0.396 e. The predicted molar refractivity (Wildman–Crippen MR) is 74.1 cm³/mol. The van der Waals surface area contributed by atoms with Gasteiger partial charge in [-0.3, -0.25) is 0 Å². The Kier molecular flexibility index (Phi) is 6.28. The van der Waals surface area contributed by atoms with Crippen LogP contribution in [-0.4, -0.2) is 11.7 Å². The summed E-state index contributed by atoms with van der Waals surface area (Å²) in [6, 6.07) is 8.51. The molecule has 0 aliphatic heterocycles. The second kappa shape index (κ2) is 7.50. The molecule has 96 valence electrons. The molecule has 1 aromatic rings. The Labute approximate surface area is 106 Å². The van der Waals surface area contributed by atoms with Crippen LogP contribution < -0.4 is 0 Å². The van der Waals surface area contributed by atoms with Crippen LogP contribution in [0.3, 0.4) is 0 Å². The van der Waals surface area contributed by atoms with E-state index in [-0.39, 0.29) is 0 Å². The van der Waals surface area contributed by atoms with Gasteiger partial charge in [-0.05, 0) is 42.7 Å². The van der Waals surface area contributed by atoms with Crippen LogP contribution >= 0.6 is 0 Å². The van der Waals surface area contributed by atoms with Crippen molar-refractivity contribution in [1.29, 1.82) is 0 Å². The molecular formula is C16H26O. The van der Waals surface area contributed by atoms with Crippen molar-refractivity contribution in [2.45, 2.75) is 46.5 Å². The third-order valence-corrected chi connectivity index (χ3v) is 3.85. The zero-order chi connectivity index (χ0) is 12.7. The van der Waals surface area contributed by atoms with Gasteiger partial charge in [-0.1, -0.05) is 51.0 Å². The number of rotatable bonds is 7. The second-order valence-electron chi connectivity index (χ2n) is 5.10. The molecule has 0 saturated heterocycles. The predicted octanol–water partition coefficient (Wildman–Crippen LogP) is 3.97. The fourth-order valence-electron chi connectivity index (χ4n) is 2.47. The summed E-state index contributed by atoms with van der Waals surface area (Å²) >= 11 is 0. The summed E-state index contributed by atoms with van der Waals surface area (Å²) in [5.41, 5.74) is 2.73. The maximum Gasteiger partial charge on any atom is 0.0462 e. The molecule has 1 N–H and O–H groups in total. The zero-order valence-corrected chi connectivity index (χ0v) is 11.4. The summed E-state index contributed by atoms with van der Waals surface area (Å²) in [7, 11) is 0. The van der Waals surface area contributed by atoms with Gasteiger partial charge in [0.15, 0.2) is 0 Å². The molecule has 17 heavy (non-hydrogen) atoms. The number of aliphatic hydroxyl groups is 1. The molecule has 0 fully saturated rings. The van der Waals surface area contributed by atoms with E-state index in [2.05, 4.69) is 45.0 Å². The second-order valence-corrected chi connectivity index (χ2v) is 5.10. The summed E-state index contributed by atoms with van der Waals surface area (Å²) in [6.45, 7) is 6.96. The number of hydrogen-bond donors (Lipinski definition) is 1.